The molecule has 0 unspecified atom stereocenters. The normalized spacial score (nSPS) is 17.2. The maximum absolute atomic E-state index is 12.5. The number of hydrogen-bond acceptors (Lipinski definition) is 2. The van der Waals surface area contributed by atoms with E-state index in [2.05, 4.69) is 0 Å². The van der Waals surface area contributed by atoms with Gasteiger partial charge in [-0.25, -0.2) is 0 Å². The van der Waals surface area contributed by atoms with Gasteiger partial charge in [-0.2, -0.15) is 13.2 Å². The topological polar surface area (TPSA) is 40.5 Å². The number of likely N-dealkylation sites (N-methyl/N-ethyl adjacent to an activating group) is 1. The molecule has 0 aromatic heterocycles. The summed E-state index contributed by atoms with van der Waals surface area (Å²) >= 11 is 0. The van der Waals surface area contributed by atoms with Crippen LogP contribution in [0.2, 0.25) is 0 Å². The molecule has 0 bridgehead atoms. The second-order valence-electron chi connectivity index (χ2n) is 5.05. The van der Waals surface area contributed by atoms with Crippen molar-refractivity contribution in [2.24, 2.45) is 0 Å². The molecule has 0 atom stereocenters. The van der Waals surface area contributed by atoms with E-state index in [1.54, 1.807) is 4.90 Å². The lowest BCUT2D eigenvalue weighted by Crippen LogP contribution is -2.42. The van der Waals surface area contributed by atoms with E-state index in [0.29, 0.717) is 31.5 Å². The van der Waals surface area contributed by atoms with Gasteiger partial charge in [0.2, 0.25) is 0 Å². The van der Waals surface area contributed by atoms with Crippen molar-refractivity contribution in [3.8, 4) is 0 Å². The summed E-state index contributed by atoms with van der Waals surface area (Å²) in [6, 6.07) is 4.87. The van der Waals surface area contributed by atoms with Crippen LogP contribution in [0.15, 0.2) is 24.3 Å². The minimum Gasteiger partial charge on any atom is -0.480 e. The number of aliphatic carboxylic acids is 1. The molecule has 1 aromatic rings. The Morgan fingerprint density at radius 3 is 2.20 bits per heavy atom. The second kappa shape index (κ2) is 5.09. The molecule has 0 spiro atoms. The van der Waals surface area contributed by atoms with Crippen LogP contribution in [-0.2, 0) is 17.5 Å². The fourth-order valence-electron chi connectivity index (χ4n) is 2.37. The summed E-state index contributed by atoms with van der Waals surface area (Å²) in [4.78, 5) is 13.1. The van der Waals surface area contributed by atoms with E-state index in [1.165, 1.54) is 12.1 Å². The van der Waals surface area contributed by atoms with Gasteiger partial charge in [-0.05, 0) is 37.1 Å². The molecule has 110 valence electrons. The van der Waals surface area contributed by atoms with Crippen LogP contribution in [0.25, 0.3) is 0 Å². The van der Waals surface area contributed by atoms with Crippen molar-refractivity contribution in [2.45, 2.75) is 38.0 Å². The number of halogens is 3. The number of carboxylic acid groups (broad SMARTS) is 1. The summed E-state index contributed by atoms with van der Waals surface area (Å²) in [6.45, 7) is 2.75. The first-order valence-electron chi connectivity index (χ1n) is 6.44. The lowest BCUT2D eigenvalue weighted by Gasteiger charge is -2.27. The number of nitrogens with zero attached hydrogens (tertiary/aromatic N) is 1. The highest BCUT2D eigenvalue weighted by atomic mass is 19.4. The molecule has 0 radical (unpaired) electrons. The fraction of sp³-hybridized carbons (Fsp3) is 0.500. The number of hydrogen-bond donors (Lipinski definition) is 1. The molecule has 1 aliphatic rings. The summed E-state index contributed by atoms with van der Waals surface area (Å²) in [5, 5.41) is 9.24. The first-order valence-corrected chi connectivity index (χ1v) is 6.44. The predicted molar refractivity (Wildman–Crippen MR) is 67.1 cm³/mol. The molecule has 1 aromatic carbocycles. The molecule has 6 heteroatoms. The third-order valence-corrected chi connectivity index (χ3v) is 3.76. The fourth-order valence-corrected chi connectivity index (χ4v) is 2.37. The van der Waals surface area contributed by atoms with Crippen molar-refractivity contribution in [2.75, 3.05) is 6.54 Å². The second-order valence-corrected chi connectivity index (χ2v) is 5.05. The van der Waals surface area contributed by atoms with Gasteiger partial charge in [-0.15, -0.1) is 0 Å². The van der Waals surface area contributed by atoms with Gasteiger partial charge in [0.1, 0.15) is 5.54 Å². The Morgan fingerprint density at radius 1 is 1.30 bits per heavy atom. The van der Waals surface area contributed by atoms with Gasteiger partial charge in [0, 0.05) is 6.54 Å². The van der Waals surface area contributed by atoms with Gasteiger partial charge >= 0.3 is 12.1 Å². The molecule has 1 aliphatic carbocycles. The van der Waals surface area contributed by atoms with Gasteiger partial charge in [-0.3, -0.25) is 9.69 Å². The Morgan fingerprint density at radius 2 is 1.85 bits per heavy atom. The average molecular weight is 287 g/mol. The first-order chi connectivity index (χ1) is 9.29. The summed E-state index contributed by atoms with van der Waals surface area (Å²) in [5.74, 6) is -0.855. The van der Waals surface area contributed by atoms with Crippen LogP contribution >= 0.6 is 0 Å². The van der Waals surface area contributed by atoms with Gasteiger partial charge in [0.05, 0.1) is 5.56 Å². The number of alkyl halides is 3. The molecule has 2 rings (SSSR count). The molecule has 1 fully saturated rings. The minimum absolute atomic E-state index is 0.348. The van der Waals surface area contributed by atoms with E-state index in [1.807, 2.05) is 6.92 Å². The highest BCUT2D eigenvalue weighted by Gasteiger charge is 2.54. The maximum atomic E-state index is 12.5. The number of carboxylic acids is 1. The molecule has 1 N–H and O–H groups in total. The molecule has 20 heavy (non-hydrogen) atoms. The van der Waals surface area contributed by atoms with Gasteiger partial charge < -0.3 is 5.11 Å². The minimum atomic E-state index is -4.35. The van der Waals surface area contributed by atoms with Crippen molar-refractivity contribution in [1.82, 2.24) is 4.90 Å². The number of carbonyl (C=O) groups is 1. The van der Waals surface area contributed by atoms with Gasteiger partial charge in [0.15, 0.2) is 0 Å². The molecular weight excluding hydrogens is 271 g/mol. The highest BCUT2D eigenvalue weighted by Crippen LogP contribution is 2.42. The summed E-state index contributed by atoms with van der Waals surface area (Å²) in [5.41, 5.74) is -0.826. The lowest BCUT2D eigenvalue weighted by atomic mass is 10.1. The van der Waals surface area contributed by atoms with Crippen LogP contribution in [-0.4, -0.2) is 28.1 Å². The monoisotopic (exact) mass is 287 g/mol. The zero-order valence-corrected chi connectivity index (χ0v) is 11.1. The van der Waals surface area contributed by atoms with Crippen LogP contribution in [0.1, 0.15) is 30.9 Å². The molecule has 3 nitrogen and oxygen atoms in total. The third kappa shape index (κ3) is 2.80. The molecule has 0 saturated heterocycles. The van der Waals surface area contributed by atoms with E-state index >= 15 is 0 Å². The van der Waals surface area contributed by atoms with E-state index in [4.69, 9.17) is 0 Å². The summed E-state index contributed by atoms with van der Waals surface area (Å²) in [6.07, 6.45) is -3.16. The average Bonchev–Trinajstić information content (AvgIpc) is 3.17. The van der Waals surface area contributed by atoms with Gasteiger partial charge in [-0.1, -0.05) is 19.1 Å². The molecule has 0 aliphatic heterocycles. The van der Waals surface area contributed by atoms with E-state index < -0.39 is 23.2 Å². The van der Waals surface area contributed by atoms with Crippen molar-refractivity contribution in [1.29, 1.82) is 0 Å². The Hall–Kier alpha value is -1.56. The highest BCUT2D eigenvalue weighted by molar-refractivity contribution is 5.82. The van der Waals surface area contributed by atoms with Crippen molar-refractivity contribution < 1.29 is 23.1 Å². The van der Waals surface area contributed by atoms with Crippen molar-refractivity contribution in [3.63, 3.8) is 0 Å². The van der Waals surface area contributed by atoms with E-state index in [9.17, 15) is 23.1 Å². The van der Waals surface area contributed by atoms with E-state index in [0.717, 1.165) is 12.1 Å². The zero-order chi connectivity index (χ0) is 15.0. The maximum Gasteiger partial charge on any atom is 0.416 e. The SMILES string of the molecule is CCN(Cc1ccc(C(F)(F)F)cc1)C1(C(=O)O)CC1. The molecular formula is C14H16F3NO2. The van der Waals surface area contributed by atoms with Crippen LogP contribution in [0, 0.1) is 0 Å². The molecule has 0 heterocycles. The molecule has 0 amide bonds. The Labute approximate surface area is 115 Å². The molecule has 1 saturated carbocycles. The summed E-state index contributed by atoms with van der Waals surface area (Å²) in [7, 11) is 0. The standard InChI is InChI=1S/C14H16F3NO2/c1-2-18(13(7-8-13)12(19)20)9-10-3-5-11(6-4-10)14(15,16)17/h3-6H,2,7-9H2,1H3,(H,19,20). The Bertz CT molecular complexity index is 492. The van der Waals surface area contributed by atoms with Gasteiger partial charge in [0.25, 0.3) is 0 Å². The van der Waals surface area contributed by atoms with Crippen molar-refractivity contribution in [3.05, 3.63) is 35.4 Å². The Kier molecular flexibility index (Phi) is 3.77. The number of benzene rings is 1. The number of rotatable bonds is 5. The predicted octanol–water partition coefficient (Wildman–Crippen LogP) is 3.14. The largest absolute Gasteiger partial charge is 0.480 e. The zero-order valence-electron chi connectivity index (χ0n) is 11.1. The Balaban J connectivity index is 2.11. The van der Waals surface area contributed by atoms with E-state index in [-0.39, 0.29) is 0 Å². The van der Waals surface area contributed by atoms with Crippen LogP contribution in [0.5, 0.6) is 0 Å². The lowest BCUT2D eigenvalue weighted by molar-refractivity contribution is -0.145. The van der Waals surface area contributed by atoms with Crippen molar-refractivity contribution >= 4 is 5.97 Å². The smallest absolute Gasteiger partial charge is 0.416 e. The van der Waals surface area contributed by atoms with Crippen LogP contribution in [0.4, 0.5) is 13.2 Å². The third-order valence-electron chi connectivity index (χ3n) is 3.76. The first kappa shape index (κ1) is 14.8. The summed E-state index contributed by atoms with van der Waals surface area (Å²) < 4.78 is 37.4. The van der Waals surface area contributed by atoms with Crippen LogP contribution < -0.4 is 0 Å². The quantitative estimate of drug-likeness (QED) is 0.904. The van der Waals surface area contributed by atoms with Crippen LogP contribution in [0.3, 0.4) is 0 Å².